The van der Waals surface area contributed by atoms with Crippen LogP contribution in [-0.2, 0) is 14.3 Å². The minimum Gasteiger partial charge on any atom is -0.467 e. The number of nitrogens with zero attached hydrogens (tertiary/aromatic N) is 1. The molecule has 7 nitrogen and oxygen atoms in total. The first kappa shape index (κ1) is 23.2. The number of rotatable bonds is 5. The zero-order valence-electron chi connectivity index (χ0n) is 16.8. The summed E-state index contributed by atoms with van der Waals surface area (Å²) in [7, 11) is 1.34. The minimum absolute atomic E-state index is 0. The van der Waals surface area contributed by atoms with E-state index in [2.05, 4.69) is 5.32 Å². The van der Waals surface area contributed by atoms with Gasteiger partial charge in [0, 0.05) is 30.3 Å². The number of anilines is 1. The Morgan fingerprint density at radius 2 is 1.97 bits per heavy atom. The highest BCUT2D eigenvalue weighted by atomic mass is 35.5. The number of piperidine rings is 1. The van der Waals surface area contributed by atoms with Crippen LogP contribution in [0.1, 0.15) is 55.3 Å². The Balaban J connectivity index is 0.00000300. The molecule has 29 heavy (non-hydrogen) atoms. The monoisotopic (exact) mass is 423 g/mol. The maximum Gasteiger partial charge on any atom is 0.328 e. The van der Waals surface area contributed by atoms with Crippen LogP contribution in [0.5, 0.6) is 0 Å². The lowest BCUT2D eigenvalue weighted by molar-refractivity contribution is -0.147. The lowest BCUT2D eigenvalue weighted by Gasteiger charge is -2.33. The van der Waals surface area contributed by atoms with Gasteiger partial charge in [-0.2, -0.15) is 0 Å². The van der Waals surface area contributed by atoms with Gasteiger partial charge < -0.3 is 20.7 Å². The van der Waals surface area contributed by atoms with E-state index in [1.54, 1.807) is 29.2 Å². The van der Waals surface area contributed by atoms with Crippen molar-refractivity contribution in [3.63, 3.8) is 0 Å². The highest BCUT2D eigenvalue weighted by Gasteiger charge is 2.33. The Hall–Kier alpha value is -2.12. The number of nitrogens with one attached hydrogen (secondary N) is 1. The molecule has 2 fully saturated rings. The molecule has 1 saturated heterocycles. The molecule has 3 rings (SSSR count). The van der Waals surface area contributed by atoms with Crippen LogP contribution in [0.25, 0.3) is 0 Å². The standard InChI is InChI=1S/C21H29N3O4.ClH/c1-28-21(27)18-10-2-3-11-24(18)20(26)15-7-4-8-16(12-15)23-19(25)13-14-6-5-9-17(14)22;/h4,7-8,12,14,17-18H,2-3,5-6,9-11,13,22H2,1H3,(H,23,25);1H/t14-,17+,18?;/m0./s1. The molecular weight excluding hydrogens is 394 g/mol. The molecule has 1 aliphatic heterocycles. The third-order valence-corrected chi connectivity index (χ3v) is 5.80. The summed E-state index contributed by atoms with van der Waals surface area (Å²) in [5, 5.41) is 2.88. The number of likely N-dealkylation sites (tertiary alicyclic amines) is 1. The first-order chi connectivity index (χ1) is 13.5. The predicted octanol–water partition coefficient (Wildman–Crippen LogP) is 2.73. The average molecular weight is 424 g/mol. The normalized spacial score (nSPS) is 23.8. The Labute approximate surface area is 177 Å². The molecule has 1 aliphatic carbocycles. The van der Waals surface area contributed by atoms with Gasteiger partial charge in [0.15, 0.2) is 0 Å². The highest BCUT2D eigenvalue weighted by Crippen LogP contribution is 2.27. The minimum atomic E-state index is -0.548. The fourth-order valence-corrected chi connectivity index (χ4v) is 4.22. The number of hydrogen-bond donors (Lipinski definition) is 2. The average Bonchev–Trinajstić information content (AvgIpc) is 3.11. The van der Waals surface area contributed by atoms with Crippen molar-refractivity contribution in [2.24, 2.45) is 11.7 Å². The van der Waals surface area contributed by atoms with Gasteiger partial charge in [-0.15, -0.1) is 12.4 Å². The zero-order valence-corrected chi connectivity index (χ0v) is 17.6. The summed E-state index contributed by atoms with van der Waals surface area (Å²) >= 11 is 0. The van der Waals surface area contributed by atoms with Gasteiger partial charge in [0.1, 0.15) is 6.04 Å². The molecule has 1 saturated carbocycles. The number of ether oxygens (including phenoxy) is 1. The van der Waals surface area contributed by atoms with E-state index in [9.17, 15) is 14.4 Å². The summed E-state index contributed by atoms with van der Waals surface area (Å²) in [4.78, 5) is 38.9. The lowest BCUT2D eigenvalue weighted by atomic mass is 9.99. The third kappa shape index (κ3) is 5.70. The van der Waals surface area contributed by atoms with Gasteiger partial charge in [-0.1, -0.05) is 12.5 Å². The summed E-state index contributed by atoms with van der Waals surface area (Å²) in [6, 6.07) is 6.41. The smallest absolute Gasteiger partial charge is 0.328 e. The Bertz CT molecular complexity index is 742. The molecule has 1 aromatic rings. The van der Waals surface area contributed by atoms with E-state index >= 15 is 0 Å². The van der Waals surface area contributed by atoms with Gasteiger partial charge in [-0.05, 0) is 56.2 Å². The number of benzene rings is 1. The summed E-state index contributed by atoms with van der Waals surface area (Å²) < 4.78 is 4.85. The highest BCUT2D eigenvalue weighted by molar-refractivity contribution is 5.99. The van der Waals surface area contributed by atoms with Crippen molar-refractivity contribution in [1.29, 1.82) is 0 Å². The second-order valence-corrected chi connectivity index (χ2v) is 7.72. The molecule has 2 amide bonds. The molecule has 160 valence electrons. The van der Waals surface area contributed by atoms with Crippen molar-refractivity contribution in [1.82, 2.24) is 4.90 Å². The summed E-state index contributed by atoms with van der Waals surface area (Å²) in [6.07, 6.45) is 5.78. The Morgan fingerprint density at radius 3 is 2.66 bits per heavy atom. The Kier molecular flexibility index (Phi) is 8.46. The number of hydrogen-bond acceptors (Lipinski definition) is 5. The lowest BCUT2D eigenvalue weighted by Crippen LogP contribution is -2.48. The quantitative estimate of drug-likeness (QED) is 0.709. The van der Waals surface area contributed by atoms with Crippen LogP contribution in [-0.4, -0.2) is 48.4 Å². The molecule has 0 aromatic heterocycles. The van der Waals surface area contributed by atoms with E-state index in [4.69, 9.17) is 10.5 Å². The molecule has 2 aliphatic rings. The first-order valence-corrected chi connectivity index (χ1v) is 10.0. The van der Waals surface area contributed by atoms with Crippen LogP contribution in [0.3, 0.4) is 0 Å². The van der Waals surface area contributed by atoms with Crippen LogP contribution < -0.4 is 11.1 Å². The number of halogens is 1. The SMILES string of the molecule is COC(=O)C1CCCCN1C(=O)c1cccc(NC(=O)C[C@@H]2CCC[C@H]2N)c1.Cl. The van der Waals surface area contributed by atoms with Crippen LogP contribution in [0.15, 0.2) is 24.3 Å². The van der Waals surface area contributed by atoms with Crippen LogP contribution in [0, 0.1) is 5.92 Å². The van der Waals surface area contributed by atoms with Crippen LogP contribution in [0.2, 0.25) is 0 Å². The van der Waals surface area contributed by atoms with E-state index in [0.717, 1.165) is 32.1 Å². The van der Waals surface area contributed by atoms with Crippen molar-refractivity contribution in [3.8, 4) is 0 Å². The van der Waals surface area contributed by atoms with Gasteiger partial charge in [0.25, 0.3) is 5.91 Å². The number of esters is 1. The van der Waals surface area contributed by atoms with Crippen LogP contribution >= 0.6 is 12.4 Å². The summed E-state index contributed by atoms with van der Waals surface area (Å²) in [5.41, 5.74) is 7.08. The van der Waals surface area contributed by atoms with Crippen LogP contribution in [0.4, 0.5) is 5.69 Å². The molecule has 3 atom stereocenters. The maximum absolute atomic E-state index is 13.0. The molecule has 8 heteroatoms. The molecule has 3 N–H and O–H groups in total. The van der Waals surface area contributed by atoms with E-state index in [0.29, 0.717) is 30.6 Å². The number of carbonyl (C=O) groups is 3. The van der Waals surface area contributed by atoms with Crippen molar-refractivity contribution >= 4 is 35.9 Å². The zero-order chi connectivity index (χ0) is 20.1. The molecule has 1 aromatic carbocycles. The van der Waals surface area contributed by atoms with E-state index < -0.39 is 6.04 Å². The number of carbonyl (C=O) groups excluding carboxylic acids is 3. The number of nitrogens with two attached hydrogens (primary N) is 1. The van der Waals surface area contributed by atoms with E-state index in [1.165, 1.54) is 7.11 Å². The molecule has 1 unspecified atom stereocenters. The van der Waals surface area contributed by atoms with Gasteiger partial charge in [-0.25, -0.2) is 4.79 Å². The second kappa shape index (κ2) is 10.6. The Morgan fingerprint density at radius 1 is 1.17 bits per heavy atom. The summed E-state index contributed by atoms with van der Waals surface area (Å²) in [6.45, 7) is 0.523. The first-order valence-electron chi connectivity index (χ1n) is 10.0. The maximum atomic E-state index is 13.0. The number of methoxy groups -OCH3 is 1. The second-order valence-electron chi connectivity index (χ2n) is 7.72. The summed E-state index contributed by atoms with van der Waals surface area (Å²) in [5.74, 6) is -0.467. The largest absolute Gasteiger partial charge is 0.467 e. The van der Waals surface area contributed by atoms with E-state index in [-0.39, 0.29) is 42.2 Å². The molecule has 0 bridgehead atoms. The van der Waals surface area contributed by atoms with E-state index in [1.807, 2.05) is 0 Å². The fraction of sp³-hybridized carbons (Fsp3) is 0.571. The van der Waals surface area contributed by atoms with Gasteiger partial charge in [0.05, 0.1) is 7.11 Å². The van der Waals surface area contributed by atoms with Gasteiger partial charge in [0.2, 0.25) is 5.91 Å². The number of amides is 2. The fourth-order valence-electron chi connectivity index (χ4n) is 4.22. The molecule has 0 spiro atoms. The van der Waals surface area contributed by atoms with Gasteiger partial charge in [-0.3, -0.25) is 9.59 Å². The third-order valence-electron chi connectivity index (χ3n) is 5.80. The predicted molar refractivity (Wildman–Crippen MR) is 113 cm³/mol. The molecular formula is C21H30ClN3O4. The van der Waals surface area contributed by atoms with Crippen molar-refractivity contribution in [2.45, 2.75) is 57.0 Å². The molecule has 1 heterocycles. The van der Waals surface area contributed by atoms with Crippen molar-refractivity contribution in [2.75, 3.05) is 19.0 Å². The van der Waals surface area contributed by atoms with Crippen molar-refractivity contribution < 1.29 is 19.1 Å². The molecule has 0 radical (unpaired) electrons. The van der Waals surface area contributed by atoms with Gasteiger partial charge >= 0.3 is 5.97 Å². The van der Waals surface area contributed by atoms with Crippen molar-refractivity contribution in [3.05, 3.63) is 29.8 Å². The topological polar surface area (TPSA) is 102 Å².